The van der Waals surface area contributed by atoms with Crippen LogP contribution in [0.3, 0.4) is 0 Å². The summed E-state index contributed by atoms with van der Waals surface area (Å²) in [6, 6.07) is 6.76. The zero-order chi connectivity index (χ0) is 20.2. The number of amides is 2. The molecule has 8 nitrogen and oxygen atoms in total. The first-order chi connectivity index (χ1) is 13.2. The lowest BCUT2D eigenvalue weighted by Gasteiger charge is -2.34. The first-order valence-electron chi connectivity index (χ1n) is 8.59. The molecule has 0 N–H and O–H groups in total. The number of nitrogens with zero attached hydrogens (tertiary/aromatic N) is 1. The van der Waals surface area contributed by atoms with Gasteiger partial charge in [-0.15, -0.1) is 0 Å². The lowest BCUT2D eigenvalue weighted by molar-refractivity contribution is -0.226. The molecule has 9 heteroatoms. The highest BCUT2D eigenvalue weighted by atomic mass is 79.9. The van der Waals surface area contributed by atoms with Crippen molar-refractivity contribution in [3.8, 4) is 0 Å². The number of ether oxygens (including phenoxy) is 3. The summed E-state index contributed by atoms with van der Waals surface area (Å²) in [5, 5.41) is 0. The van der Waals surface area contributed by atoms with Crippen LogP contribution in [0, 0.1) is 11.8 Å². The maximum absolute atomic E-state index is 13.3. The molecule has 2 amide bonds. The van der Waals surface area contributed by atoms with Crippen LogP contribution in [-0.2, 0) is 33.4 Å². The Morgan fingerprint density at radius 2 is 1.71 bits per heavy atom. The van der Waals surface area contributed by atoms with Gasteiger partial charge in [-0.3, -0.25) is 19.2 Å². The molecule has 4 rings (SSSR count). The molecule has 3 heterocycles. The molecule has 146 valence electrons. The van der Waals surface area contributed by atoms with E-state index in [9.17, 15) is 19.2 Å². The summed E-state index contributed by atoms with van der Waals surface area (Å²) in [6.07, 6.45) is 1.04. The van der Waals surface area contributed by atoms with Gasteiger partial charge < -0.3 is 14.2 Å². The van der Waals surface area contributed by atoms with Crippen LogP contribution < -0.4 is 4.90 Å². The summed E-state index contributed by atoms with van der Waals surface area (Å²) in [5.41, 5.74) is -1.11. The molecule has 3 aliphatic heterocycles. The highest BCUT2D eigenvalue weighted by molar-refractivity contribution is 9.10. The number of carbonyl (C=O) groups is 4. The molecule has 2 fully saturated rings. The predicted molar refractivity (Wildman–Crippen MR) is 97.7 cm³/mol. The van der Waals surface area contributed by atoms with Crippen molar-refractivity contribution < 1.29 is 33.4 Å². The van der Waals surface area contributed by atoms with Gasteiger partial charge in [0.25, 0.3) is 6.29 Å². The fourth-order valence-corrected chi connectivity index (χ4v) is 4.33. The van der Waals surface area contributed by atoms with Crippen molar-refractivity contribution >= 4 is 45.4 Å². The molecular formula is C19H16BrNO7. The van der Waals surface area contributed by atoms with E-state index in [0.29, 0.717) is 5.69 Å². The van der Waals surface area contributed by atoms with Gasteiger partial charge in [0.1, 0.15) is 0 Å². The highest BCUT2D eigenvalue weighted by Gasteiger charge is 2.72. The second-order valence-corrected chi connectivity index (χ2v) is 7.75. The molecule has 0 aliphatic carbocycles. The topological polar surface area (TPSA) is 99.2 Å². The van der Waals surface area contributed by atoms with Gasteiger partial charge >= 0.3 is 11.9 Å². The summed E-state index contributed by atoms with van der Waals surface area (Å²) in [7, 11) is 0. The van der Waals surface area contributed by atoms with Crippen LogP contribution in [0.1, 0.15) is 13.8 Å². The van der Waals surface area contributed by atoms with Crippen molar-refractivity contribution in [2.24, 2.45) is 11.8 Å². The van der Waals surface area contributed by atoms with E-state index in [4.69, 9.17) is 14.2 Å². The maximum Gasteiger partial charge on any atom is 0.305 e. The monoisotopic (exact) mass is 449 g/mol. The largest absolute Gasteiger partial charge is 0.422 e. The van der Waals surface area contributed by atoms with Gasteiger partial charge in [-0.05, 0) is 30.3 Å². The molecule has 28 heavy (non-hydrogen) atoms. The van der Waals surface area contributed by atoms with Crippen molar-refractivity contribution in [3.05, 3.63) is 40.9 Å². The number of esters is 2. The van der Waals surface area contributed by atoms with Crippen molar-refractivity contribution in [2.45, 2.75) is 31.8 Å². The Balaban J connectivity index is 1.74. The van der Waals surface area contributed by atoms with Gasteiger partial charge in [0.05, 0.1) is 23.6 Å². The Morgan fingerprint density at radius 1 is 1.11 bits per heavy atom. The first kappa shape index (κ1) is 18.8. The van der Waals surface area contributed by atoms with E-state index < -0.39 is 53.6 Å². The van der Waals surface area contributed by atoms with E-state index in [0.717, 1.165) is 23.2 Å². The fourth-order valence-electron chi connectivity index (χ4n) is 4.06. The Hall–Kier alpha value is -2.52. The summed E-state index contributed by atoms with van der Waals surface area (Å²) in [4.78, 5) is 50.5. The molecule has 2 bridgehead atoms. The molecule has 0 unspecified atom stereocenters. The minimum absolute atomic E-state index is 0.405. The number of carbonyl (C=O) groups excluding carboxylic acids is 4. The van der Waals surface area contributed by atoms with Gasteiger partial charge in [0.2, 0.25) is 11.8 Å². The minimum Gasteiger partial charge on any atom is -0.422 e. The van der Waals surface area contributed by atoms with Crippen LogP contribution >= 0.6 is 15.9 Å². The average Bonchev–Trinajstić information content (AvgIpc) is 3.26. The Bertz CT molecular complexity index is 895. The minimum atomic E-state index is -1.54. The van der Waals surface area contributed by atoms with Crippen molar-refractivity contribution in [1.82, 2.24) is 0 Å². The van der Waals surface area contributed by atoms with E-state index in [2.05, 4.69) is 15.9 Å². The second kappa shape index (κ2) is 6.52. The number of hydrogen-bond donors (Lipinski definition) is 0. The Morgan fingerprint density at radius 3 is 2.29 bits per heavy atom. The molecule has 1 aromatic rings. The molecule has 0 radical (unpaired) electrons. The number of halogens is 1. The first-order valence-corrected chi connectivity index (χ1v) is 9.39. The van der Waals surface area contributed by atoms with E-state index >= 15 is 0 Å². The standard InChI is InChI=1S/C19H16BrNO7/c1-9(22)26-18(27-10(2)23)19-8-7-13(28-19)14-15(19)17(25)21(16(14)24)12-5-3-11(20)4-6-12/h3-8,13-15,18H,1-2H3/t13-,14+,15-,19+/m1/s1. The third-order valence-electron chi connectivity index (χ3n) is 5.08. The summed E-state index contributed by atoms with van der Waals surface area (Å²) in [5.74, 6) is -4.05. The van der Waals surface area contributed by atoms with Crippen LogP contribution in [0.2, 0.25) is 0 Å². The van der Waals surface area contributed by atoms with Crippen LogP contribution in [0.5, 0.6) is 0 Å². The van der Waals surface area contributed by atoms with Crippen molar-refractivity contribution in [3.63, 3.8) is 0 Å². The second-order valence-electron chi connectivity index (χ2n) is 6.84. The molecular weight excluding hydrogens is 434 g/mol. The number of benzene rings is 1. The molecule has 1 aromatic carbocycles. The Labute approximate surface area is 168 Å². The Kier molecular flexibility index (Phi) is 4.39. The molecule has 0 saturated carbocycles. The van der Waals surface area contributed by atoms with Gasteiger partial charge in [-0.1, -0.05) is 22.0 Å². The summed E-state index contributed by atoms with van der Waals surface area (Å²) < 4.78 is 17.0. The van der Waals surface area contributed by atoms with Gasteiger partial charge in [0, 0.05) is 18.3 Å². The van der Waals surface area contributed by atoms with Crippen LogP contribution in [0.25, 0.3) is 0 Å². The lowest BCUT2D eigenvalue weighted by Crippen LogP contribution is -2.52. The number of hydrogen-bond acceptors (Lipinski definition) is 7. The number of imide groups is 1. The summed E-state index contributed by atoms with van der Waals surface area (Å²) >= 11 is 3.32. The number of rotatable bonds is 4. The number of fused-ring (bicyclic) bond motifs is 5. The van der Waals surface area contributed by atoms with Gasteiger partial charge in [-0.2, -0.15) is 0 Å². The maximum atomic E-state index is 13.3. The third kappa shape index (κ3) is 2.68. The zero-order valence-corrected chi connectivity index (χ0v) is 16.5. The fraction of sp³-hybridized carbons (Fsp3) is 0.368. The van der Waals surface area contributed by atoms with Crippen LogP contribution in [-0.4, -0.2) is 41.7 Å². The molecule has 0 aromatic heterocycles. The van der Waals surface area contributed by atoms with E-state index in [1.165, 1.54) is 0 Å². The molecule has 4 atom stereocenters. The lowest BCUT2D eigenvalue weighted by atomic mass is 9.76. The van der Waals surface area contributed by atoms with E-state index in [1.807, 2.05) is 0 Å². The number of anilines is 1. The third-order valence-corrected chi connectivity index (χ3v) is 5.61. The smallest absolute Gasteiger partial charge is 0.305 e. The van der Waals surface area contributed by atoms with Crippen molar-refractivity contribution in [2.75, 3.05) is 4.90 Å². The SMILES string of the molecule is CC(=O)OC(OC(C)=O)[C@@]12C=C[C@@H](O1)[C@@H]1C(=O)N(c3ccc(Br)cc3)C(=O)[C@@H]12. The molecule has 3 aliphatic rings. The normalized spacial score (nSPS) is 30.1. The van der Waals surface area contributed by atoms with Crippen molar-refractivity contribution in [1.29, 1.82) is 0 Å². The summed E-state index contributed by atoms with van der Waals surface area (Å²) in [6.45, 7) is 2.32. The van der Waals surface area contributed by atoms with Gasteiger partial charge in [0.15, 0.2) is 5.60 Å². The van der Waals surface area contributed by atoms with E-state index in [-0.39, 0.29) is 0 Å². The van der Waals surface area contributed by atoms with Crippen LogP contribution in [0.4, 0.5) is 5.69 Å². The average molecular weight is 450 g/mol. The van der Waals surface area contributed by atoms with E-state index in [1.54, 1.807) is 36.4 Å². The zero-order valence-electron chi connectivity index (χ0n) is 15.0. The quantitative estimate of drug-likeness (QED) is 0.298. The highest BCUT2D eigenvalue weighted by Crippen LogP contribution is 2.54. The predicted octanol–water partition coefficient (Wildman–Crippen LogP) is 1.71. The molecule has 2 saturated heterocycles. The van der Waals surface area contributed by atoms with Gasteiger partial charge in [-0.25, -0.2) is 4.90 Å². The van der Waals surface area contributed by atoms with Crippen LogP contribution in [0.15, 0.2) is 40.9 Å². The molecule has 0 spiro atoms.